The molecule has 1 rings (SSSR count). The summed E-state index contributed by atoms with van der Waals surface area (Å²) in [5.74, 6) is -0.979. The SMILES string of the molecule is CNC(=O)C(=O)N1CC=CCC1. The van der Waals surface area contributed by atoms with Gasteiger partial charge in [-0.2, -0.15) is 0 Å². The van der Waals surface area contributed by atoms with Crippen molar-refractivity contribution in [1.82, 2.24) is 10.2 Å². The molecule has 2 amide bonds. The molecule has 0 radical (unpaired) electrons. The van der Waals surface area contributed by atoms with Crippen LogP contribution in [-0.4, -0.2) is 36.9 Å². The second-order valence-electron chi connectivity index (χ2n) is 2.59. The van der Waals surface area contributed by atoms with Crippen molar-refractivity contribution in [2.24, 2.45) is 0 Å². The van der Waals surface area contributed by atoms with Gasteiger partial charge < -0.3 is 10.2 Å². The molecule has 4 nitrogen and oxygen atoms in total. The molecule has 0 saturated heterocycles. The molecule has 0 aromatic heterocycles. The Balaban J connectivity index is 2.52. The van der Waals surface area contributed by atoms with Gasteiger partial charge in [-0.25, -0.2) is 0 Å². The average Bonchev–Trinajstić information content (AvgIpc) is 2.17. The fourth-order valence-corrected chi connectivity index (χ4v) is 1.08. The third kappa shape index (κ3) is 1.84. The van der Waals surface area contributed by atoms with E-state index in [0.717, 1.165) is 6.42 Å². The van der Waals surface area contributed by atoms with Crippen LogP contribution in [0, 0.1) is 0 Å². The van der Waals surface area contributed by atoms with E-state index in [-0.39, 0.29) is 0 Å². The topological polar surface area (TPSA) is 49.4 Å². The number of hydrogen-bond acceptors (Lipinski definition) is 2. The second-order valence-corrected chi connectivity index (χ2v) is 2.59. The van der Waals surface area contributed by atoms with Gasteiger partial charge in [0.1, 0.15) is 0 Å². The lowest BCUT2D eigenvalue weighted by Crippen LogP contribution is -2.43. The molecule has 0 aromatic carbocycles. The van der Waals surface area contributed by atoms with Crippen molar-refractivity contribution in [2.75, 3.05) is 20.1 Å². The van der Waals surface area contributed by atoms with Gasteiger partial charge in [0, 0.05) is 20.1 Å². The maximum absolute atomic E-state index is 11.2. The minimum atomic E-state index is -0.537. The molecule has 0 spiro atoms. The van der Waals surface area contributed by atoms with E-state index in [9.17, 15) is 9.59 Å². The highest BCUT2D eigenvalue weighted by molar-refractivity contribution is 6.34. The first kappa shape index (κ1) is 8.77. The van der Waals surface area contributed by atoms with Crippen LogP contribution in [0.4, 0.5) is 0 Å². The zero-order valence-electron chi connectivity index (χ0n) is 7.04. The summed E-state index contributed by atoms with van der Waals surface area (Å²) in [6, 6.07) is 0. The number of likely N-dealkylation sites (N-methyl/N-ethyl adjacent to an activating group) is 1. The van der Waals surface area contributed by atoms with E-state index in [2.05, 4.69) is 5.32 Å². The number of nitrogens with zero attached hydrogens (tertiary/aromatic N) is 1. The smallest absolute Gasteiger partial charge is 0.312 e. The molecule has 12 heavy (non-hydrogen) atoms. The Bertz CT molecular complexity index is 223. The van der Waals surface area contributed by atoms with Crippen LogP contribution in [0.25, 0.3) is 0 Å². The van der Waals surface area contributed by atoms with Crippen LogP contribution in [0.1, 0.15) is 6.42 Å². The number of hydrogen-bond donors (Lipinski definition) is 1. The first-order chi connectivity index (χ1) is 5.75. The summed E-state index contributed by atoms with van der Waals surface area (Å²) in [6.45, 7) is 1.19. The van der Waals surface area contributed by atoms with E-state index < -0.39 is 11.8 Å². The summed E-state index contributed by atoms with van der Waals surface area (Å²) in [5, 5.41) is 2.31. The van der Waals surface area contributed by atoms with Crippen molar-refractivity contribution in [3.05, 3.63) is 12.2 Å². The van der Waals surface area contributed by atoms with Crippen molar-refractivity contribution in [3.63, 3.8) is 0 Å². The first-order valence-corrected chi connectivity index (χ1v) is 3.91. The van der Waals surface area contributed by atoms with Gasteiger partial charge in [0.2, 0.25) is 0 Å². The van der Waals surface area contributed by atoms with E-state index in [1.54, 1.807) is 0 Å². The lowest BCUT2D eigenvalue weighted by Gasteiger charge is -2.21. The number of carbonyl (C=O) groups excluding carboxylic acids is 2. The fourth-order valence-electron chi connectivity index (χ4n) is 1.08. The Morgan fingerprint density at radius 2 is 2.17 bits per heavy atom. The van der Waals surface area contributed by atoms with Crippen LogP contribution in [0.3, 0.4) is 0 Å². The van der Waals surface area contributed by atoms with Gasteiger partial charge in [0.05, 0.1) is 0 Å². The van der Waals surface area contributed by atoms with Gasteiger partial charge in [0.15, 0.2) is 0 Å². The minimum Gasteiger partial charge on any atom is -0.351 e. The summed E-state index contributed by atoms with van der Waals surface area (Å²) in [5.41, 5.74) is 0. The predicted octanol–water partition coefficient (Wildman–Crippen LogP) is -0.479. The minimum absolute atomic E-state index is 0.443. The number of amides is 2. The highest BCUT2D eigenvalue weighted by Gasteiger charge is 2.19. The van der Waals surface area contributed by atoms with Gasteiger partial charge in [-0.3, -0.25) is 9.59 Å². The third-order valence-corrected chi connectivity index (χ3v) is 1.77. The van der Waals surface area contributed by atoms with Crippen molar-refractivity contribution in [1.29, 1.82) is 0 Å². The Kier molecular flexibility index (Phi) is 2.85. The molecule has 0 atom stereocenters. The second kappa shape index (κ2) is 3.90. The van der Waals surface area contributed by atoms with E-state index in [1.807, 2.05) is 12.2 Å². The summed E-state index contributed by atoms with van der Waals surface area (Å²) in [7, 11) is 1.46. The molecule has 1 N–H and O–H groups in total. The maximum Gasteiger partial charge on any atom is 0.312 e. The molecule has 0 aliphatic carbocycles. The summed E-state index contributed by atoms with van der Waals surface area (Å²) < 4.78 is 0. The maximum atomic E-state index is 11.2. The fraction of sp³-hybridized carbons (Fsp3) is 0.500. The van der Waals surface area contributed by atoms with E-state index in [0.29, 0.717) is 13.1 Å². The molecule has 0 saturated carbocycles. The molecule has 0 bridgehead atoms. The highest BCUT2D eigenvalue weighted by Crippen LogP contribution is 2.00. The lowest BCUT2D eigenvalue weighted by atomic mass is 10.2. The van der Waals surface area contributed by atoms with Crippen LogP contribution < -0.4 is 5.32 Å². The molecule has 1 aliphatic heterocycles. The van der Waals surface area contributed by atoms with E-state index >= 15 is 0 Å². The van der Waals surface area contributed by atoms with Crippen LogP contribution in [-0.2, 0) is 9.59 Å². The molecule has 0 aromatic rings. The standard InChI is InChI=1S/C8H12N2O2/c1-9-7(11)8(12)10-5-3-2-4-6-10/h2-3H,4-6H2,1H3,(H,9,11). The summed E-state index contributed by atoms with van der Waals surface area (Å²) >= 11 is 0. The molecule has 4 heteroatoms. The van der Waals surface area contributed by atoms with Gasteiger partial charge in [-0.1, -0.05) is 12.2 Å². The molecule has 1 aliphatic rings. The van der Waals surface area contributed by atoms with Crippen molar-refractivity contribution in [2.45, 2.75) is 6.42 Å². The monoisotopic (exact) mass is 168 g/mol. The lowest BCUT2D eigenvalue weighted by molar-refractivity contribution is -0.145. The van der Waals surface area contributed by atoms with Crippen molar-refractivity contribution >= 4 is 11.8 Å². The van der Waals surface area contributed by atoms with Crippen LogP contribution >= 0.6 is 0 Å². The number of nitrogens with one attached hydrogen (secondary N) is 1. The largest absolute Gasteiger partial charge is 0.351 e. The quantitative estimate of drug-likeness (QED) is 0.392. The number of carbonyl (C=O) groups is 2. The zero-order chi connectivity index (χ0) is 8.97. The Morgan fingerprint density at radius 3 is 2.67 bits per heavy atom. The van der Waals surface area contributed by atoms with Crippen molar-refractivity contribution in [3.8, 4) is 0 Å². The highest BCUT2D eigenvalue weighted by atomic mass is 16.2. The van der Waals surface area contributed by atoms with Gasteiger partial charge in [0.25, 0.3) is 0 Å². The molecule has 0 unspecified atom stereocenters. The van der Waals surface area contributed by atoms with Gasteiger partial charge >= 0.3 is 11.8 Å². The van der Waals surface area contributed by atoms with E-state index in [1.165, 1.54) is 11.9 Å². The summed E-state index contributed by atoms with van der Waals surface area (Å²) in [4.78, 5) is 23.6. The molecule has 66 valence electrons. The Labute approximate surface area is 71.2 Å². The third-order valence-electron chi connectivity index (χ3n) is 1.77. The van der Waals surface area contributed by atoms with Crippen LogP contribution in [0.2, 0.25) is 0 Å². The Morgan fingerprint density at radius 1 is 1.42 bits per heavy atom. The molecular weight excluding hydrogens is 156 g/mol. The van der Waals surface area contributed by atoms with Crippen molar-refractivity contribution < 1.29 is 9.59 Å². The first-order valence-electron chi connectivity index (χ1n) is 3.91. The molecule has 1 heterocycles. The summed E-state index contributed by atoms with van der Waals surface area (Å²) in [6.07, 6.45) is 4.74. The number of rotatable bonds is 0. The average molecular weight is 168 g/mol. The van der Waals surface area contributed by atoms with E-state index in [4.69, 9.17) is 0 Å². The predicted molar refractivity (Wildman–Crippen MR) is 44.4 cm³/mol. The van der Waals surface area contributed by atoms with Crippen LogP contribution in [0.15, 0.2) is 12.2 Å². The normalized spacial score (nSPS) is 15.9. The van der Waals surface area contributed by atoms with Crippen LogP contribution in [0.5, 0.6) is 0 Å². The van der Waals surface area contributed by atoms with Gasteiger partial charge in [-0.15, -0.1) is 0 Å². The molecular formula is C8H12N2O2. The van der Waals surface area contributed by atoms with Gasteiger partial charge in [-0.05, 0) is 6.42 Å². The molecule has 0 fully saturated rings. The zero-order valence-corrected chi connectivity index (χ0v) is 7.04. The Hall–Kier alpha value is -1.32.